The summed E-state index contributed by atoms with van der Waals surface area (Å²) in [5.41, 5.74) is 2.59. The van der Waals surface area contributed by atoms with Gasteiger partial charge in [0.15, 0.2) is 0 Å². The maximum Gasteiger partial charge on any atom is 0.133 e. The van der Waals surface area contributed by atoms with Crippen molar-refractivity contribution in [3.8, 4) is 5.75 Å². The van der Waals surface area contributed by atoms with Crippen LogP contribution in [-0.4, -0.2) is 6.61 Å². The molecule has 0 radical (unpaired) electrons. The van der Waals surface area contributed by atoms with Crippen molar-refractivity contribution >= 4 is 43.2 Å². The van der Waals surface area contributed by atoms with Gasteiger partial charge in [0.25, 0.3) is 0 Å². The van der Waals surface area contributed by atoms with Crippen molar-refractivity contribution in [1.82, 2.24) is 0 Å². The highest BCUT2D eigenvalue weighted by Crippen LogP contribution is 2.39. The van der Waals surface area contributed by atoms with Crippen molar-refractivity contribution in [3.05, 3.63) is 49.6 Å². The Morgan fingerprint density at radius 2 is 2.00 bits per heavy atom. The molecule has 0 aliphatic carbocycles. The van der Waals surface area contributed by atoms with Crippen molar-refractivity contribution in [1.29, 1.82) is 0 Å². The van der Waals surface area contributed by atoms with Gasteiger partial charge >= 0.3 is 0 Å². The van der Waals surface area contributed by atoms with E-state index in [-0.39, 0.29) is 4.83 Å². The lowest BCUT2D eigenvalue weighted by molar-refractivity contribution is 0.338. The zero-order valence-corrected chi connectivity index (χ0v) is 15.2. The standard InChI is InChI=1S/C15H16Br2OS/c1-4-18-13-6-5-11(8-12(13)16)15(17)14-7-9(2)10(3)19-14/h5-8,15H,4H2,1-3H3. The Morgan fingerprint density at radius 3 is 2.53 bits per heavy atom. The van der Waals surface area contributed by atoms with Gasteiger partial charge in [-0.05, 0) is 66.0 Å². The molecule has 1 aromatic heterocycles. The van der Waals surface area contributed by atoms with E-state index in [1.54, 1.807) is 0 Å². The molecule has 0 amide bonds. The predicted octanol–water partition coefficient (Wildman–Crippen LogP) is 6.01. The molecule has 0 aliphatic heterocycles. The normalized spacial score (nSPS) is 12.5. The monoisotopic (exact) mass is 402 g/mol. The first-order chi connectivity index (χ1) is 9.02. The lowest BCUT2D eigenvalue weighted by atomic mass is 10.1. The van der Waals surface area contributed by atoms with Crippen LogP contribution in [0.5, 0.6) is 5.75 Å². The van der Waals surface area contributed by atoms with E-state index in [0.717, 1.165) is 10.2 Å². The fourth-order valence-corrected chi connectivity index (χ4v) is 4.10. The average molecular weight is 404 g/mol. The fourth-order valence-electron chi connectivity index (χ4n) is 1.84. The first kappa shape index (κ1) is 15.1. The van der Waals surface area contributed by atoms with Gasteiger partial charge in [-0.15, -0.1) is 11.3 Å². The maximum atomic E-state index is 5.54. The quantitative estimate of drug-likeness (QED) is 0.568. The molecule has 0 spiro atoms. The number of thiophene rings is 1. The van der Waals surface area contributed by atoms with Crippen molar-refractivity contribution in [2.24, 2.45) is 0 Å². The van der Waals surface area contributed by atoms with Gasteiger partial charge in [-0.25, -0.2) is 0 Å². The van der Waals surface area contributed by atoms with Crippen LogP contribution in [0.3, 0.4) is 0 Å². The highest BCUT2D eigenvalue weighted by atomic mass is 79.9. The lowest BCUT2D eigenvalue weighted by Crippen LogP contribution is -1.95. The van der Waals surface area contributed by atoms with Gasteiger partial charge < -0.3 is 4.74 Å². The van der Waals surface area contributed by atoms with E-state index in [2.05, 4.69) is 63.9 Å². The van der Waals surface area contributed by atoms with Crippen LogP contribution in [0.4, 0.5) is 0 Å². The lowest BCUT2D eigenvalue weighted by Gasteiger charge is -2.11. The molecule has 0 saturated heterocycles. The van der Waals surface area contributed by atoms with Gasteiger partial charge in [0.1, 0.15) is 5.75 Å². The van der Waals surface area contributed by atoms with Gasteiger partial charge in [0.2, 0.25) is 0 Å². The summed E-state index contributed by atoms with van der Waals surface area (Å²) in [6, 6.07) is 8.50. The molecule has 0 N–H and O–H groups in total. The SMILES string of the molecule is CCOc1ccc(C(Br)c2cc(C)c(C)s2)cc1Br. The van der Waals surface area contributed by atoms with Crippen LogP contribution < -0.4 is 4.74 Å². The van der Waals surface area contributed by atoms with Crippen molar-refractivity contribution < 1.29 is 4.74 Å². The molecule has 4 heteroatoms. The number of aryl methyl sites for hydroxylation is 2. The summed E-state index contributed by atoms with van der Waals surface area (Å²) in [5, 5.41) is 0. The third kappa shape index (κ3) is 3.41. The Morgan fingerprint density at radius 1 is 1.26 bits per heavy atom. The van der Waals surface area contributed by atoms with E-state index in [9.17, 15) is 0 Å². The van der Waals surface area contributed by atoms with E-state index in [4.69, 9.17) is 4.74 Å². The van der Waals surface area contributed by atoms with Crippen LogP contribution in [0, 0.1) is 13.8 Å². The third-order valence-corrected chi connectivity index (χ3v) is 6.15. The Labute approximate surface area is 135 Å². The molecule has 1 unspecified atom stereocenters. The van der Waals surface area contributed by atoms with Crippen LogP contribution in [0.25, 0.3) is 0 Å². The van der Waals surface area contributed by atoms with E-state index in [1.807, 2.05) is 24.3 Å². The van der Waals surface area contributed by atoms with Gasteiger partial charge in [-0.2, -0.15) is 0 Å². The van der Waals surface area contributed by atoms with Crippen molar-refractivity contribution in [2.45, 2.75) is 25.6 Å². The first-order valence-corrected chi connectivity index (χ1v) is 8.68. The molecule has 1 nitrogen and oxygen atoms in total. The molecule has 0 saturated carbocycles. The van der Waals surface area contributed by atoms with Crippen LogP contribution in [0.1, 0.15) is 32.6 Å². The summed E-state index contributed by atoms with van der Waals surface area (Å²) in [5.74, 6) is 0.893. The van der Waals surface area contributed by atoms with E-state index >= 15 is 0 Å². The second-order valence-electron chi connectivity index (χ2n) is 4.37. The fraction of sp³-hybridized carbons (Fsp3) is 0.333. The summed E-state index contributed by atoms with van der Waals surface area (Å²) < 4.78 is 6.54. The molecule has 0 bridgehead atoms. The largest absolute Gasteiger partial charge is 0.493 e. The molecule has 2 rings (SSSR count). The van der Waals surface area contributed by atoms with Crippen LogP contribution >= 0.6 is 43.2 Å². The molecule has 0 fully saturated rings. The summed E-state index contributed by atoms with van der Waals surface area (Å²) >= 11 is 9.20. The maximum absolute atomic E-state index is 5.54. The minimum atomic E-state index is 0.233. The summed E-state index contributed by atoms with van der Waals surface area (Å²) in [7, 11) is 0. The number of hydrogen-bond acceptors (Lipinski definition) is 2. The molecule has 2 aromatic rings. The second kappa shape index (κ2) is 6.42. The number of alkyl halides is 1. The zero-order chi connectivity index (χ0) is 14.0. The smallest absolute Gasteiger partial charge is 0.133 e. The van der Waals surface area contributed by atoms with E-state index in [1.165, 1.54) is 20.9 Å². The molecular weight excluding hydrogens is 388 g/mol. The van der Waals surface area contributed by atoms with Crippen molar-refractivity contribution in [2.75, 3.05) is 6.61 Å². The van der Waals surface area contributed by atoms with Gasteiger partial charge in [0, 0.05) is 9.75 Å². The second-order valence-corrected chi connectivity index (χ2v) is 7.43. The Balaban J connectivity index is 2.28. The van der Waals surface area contributed by atoms with E-state index < -0.39 is 0 Å². The topological polar surface area (TPSA) is 9.23 Å². The number of rotatable bonds is 4. The van der Waals surface area contributed by atoms with E-state index in [0.29, 0.717) is 6.61 Å². The Bertz CT molecular complexity index is 558. The molecular formula is C15H16Br2OS. The minimum absolute atomic E-state index is 0.233. The van der Waals surface area contributed by atoms with Gasteiger partial charge in [-0.1, -0.05) is 22.0 Å². The summed E-state index contributed by atoms with van der Waals surface area (Å²) in [4.78, 5) is 2.95. The summed E-state index contributed by atoms with van der Waals surface area (Å²) in [6.45, 7) is 6.99. The number of benzene rings is 1. The Kier molecular flexibility index (Phi) is 5.09. The molecule has 0 aliphatic rings. The Hall–Kier alpha value is -0.320. The van der Waals surface area contributed by atoms with Gasteiger partial charge in [-0.3, -0.25) is 0 Å². The molecule has 1 heterocycles. The van der Waals surface area contributed by atoms with Crippen LogP contribution in [-0.2, 0) is 0 Å². The van der Waals surface area contributed by atoms with Gasteiger partial charge in [0.05, 0.1) is 15.9 Å². The molecule has 102 valence electrons. The van der Waals surface area contributed by atoms with Crippen LogP contribution in [0.2, 0.25) is 0 Å². The molecule has 19 heavy (non-hydrogen) atoms. The highest BCUT2D eigenvalue weighted by Gasteiger charge is 2.15. The summed E-state index contributed by atoms with van der Waals surface area (Å²) in [6.07, 6.45) is 0. The first-order valence-electron chi connectivity index (χ1n) is 6.16. The molecule has 1 atom stereocenters. The van der Waals surface area contributed by atoms with Crippen LogP contribution in [0.15, 0.2) is 28.7 Å². The number of ether oxygens (including phenoxy) is 1. The minimum Gasteiger partial charge on any atom is -0.493 e. The predicted molar refractivity (Wildman–Crippen MR) is 89.9 cm³/mol. The number of hydrogen-bond donors (Lipinski definition) is 0. The highest BCUT2D eigenvalue weighted by molar-refractivity contribution is 9.10. The molecule has 1 aromatic carbocycles. The van der Waals surface area contributed by atoms with Crippen molar-refractivity contribution in [3.63, 3.8) is 0 Å². The number of halogens is 2. The average Bonchev–Trinajstić information content (AvgIpc) is 2.71. The third-order valence-electron chi connectivity index (χ3n) is 2.98. The zero-order valence-electron chi connectivity index (χ0n) is 11.2.